The lowest BCUT2D eigenvalue weighted by atomic mass is 9.79. The molecule has 5 rings (SSSR count). The number of epoxide rings is 1. The summed E-state index contributed by atoms with van der Waals surface area (Å²) in [4.78, 5) is 38.1. The van der Waals surface area contributed by atoms with E-state index in [9.17, 15) is 50.1 Å². The van der Waals surface area contributed by atoms with Crippen LogP contribution in [0.2, 0.25) is 0 Å². The second-order valence-electron chi connectivity index (χ2n) is 10.4. The summed E-state index contributed by atoms with van der Waals surface area (Å²) in [6.07, 6.45) is -10.9. The number of aliphatic hydroxyl groups is 5. The van der Waals surface area contributed by atoms with E-state index in [1.807, 2.05) is 0 Å². The fourth-order valence-electron chi connectivity index (χ4n) is 5.75. The van der Waals surface area contributed by atoms with Gasteiger partial charge in [-0.1, -0.05) is 6.07 Å². The Labute approximate surface area is 248 Å². The predicted molar refractivity (Wildman–Crippen MR) is 137 cm³/mol. The number of carbonyl (C=O) groups is 3. The van der Waals surface area contributed by atoms with Crippen LogP contribution in [0, 0.1) is 11.8 Å². The van der Waals surface area contributed by atoms with Crippen molar-refractivity contribution in [3.63, 3.8) is 0 Å². The Morgan fingerprint density at radius 1 is 1.05 bits per heavy atom. The number of hydrogen-bond donors (Lipinski definition) is 7. The number of carboxylic acids is 1. The topological polar surface area (TPSA) is 261 Å². The summed E-state index contributed by atoms with van der Waals surface area (Å²) in [6.45, 7) is -0.770. The van der Waals surface area contributed by atoms with Gasteiger partial charge in [-0.2, -0.15) is 0 Å². The zero-order chi connectivity index (χ0) is 32.1. The molecular formula is C27H30O17. The van der Waals surface area contributed by atoms with Gasteiger partial charge in [0, 0.05) is 5.92 Å². The molecule has 1 aromatic rings. The minimum atomic E-state index is -2.64. The monoisotopic (exact) mass is 626 g/mol. The molecular weight excluding hydrogens is 596 g/mol. The molecule has 3 heterocycles. The van der Waals surface area contributed by atoms with Gasteiger partial charge in [0.25, 0.3) is 0 Å². The Hall–Kier alpha value is -3.81. The van der Waals surface area contributed by atoms with Gasteiger partial charge in [-0.25, -0.2) is 14.4 Å². The zero-order valence-corrected chi connectivity index (χ0v) is 23.1. The van der Waals surface area contributed by atoms with Gasteiger partial charge in [-0.15, -0.1) is 0 Å². The van der Waals surface area contributed by atoms with Gasteiger partial charge in [0.05, 0.1) is 44.7 Å². The predicted octanol–water partition coefficient (Wildman–Crippen LogP) is -2.66. The van der Waals surface area contributed by atoms with Crippen LogP contribution in [0.5, 0.6) is 11.5 Å². The number of methoxy groups -OCH3 is 2. The van der Waals surface area contributed by atoms with Gasteiger partial charge in [-0.05, 0) is 17.7 Å². The molecule has 17 heteroatoms. The fraction of sp³-hybridized carbons (Fsp3) is 0.519. The summed E-state index contributed by atoms with van der Waals surface area (Å²) in [5, 5.41) is 71.7. The maximum Gasteiger partial charge on any atom is 0.346 e. The van der Waals surface area contributed by atoms with Crippen LogP contribution in [0.3, 0.4) is 0 Å². The van der Waals surface area contributed by atoms with Crippen molar-refractivity contribution < 1.29 is 83.3 Å². The van der Waals surface area contributed by atoms with Crippen LogP contribution in [-0.4, -0.2) is 129 Å². The Morgan fingerprint density at radius 2 is 1.77 bits per heavy atom. The number of carboxylic acid groups (broad SMARTS) is 1. The first-order chi connectivity index (χ1) is 20.9. The lowest BCUT2D eigenvalue weighted by Crippen LogP contribution is -2.62. The van der Waals surface area contributed by atoms with Crippen molar-refractivity contribution in [1.29, 1.82) is 0 Å². The van der Waals surface area contributed by atoms with E-state index in [1.165, 1.54) is 19.2 Å². The zero-order valence-electron chi connectivity index (χ0n) is 23.1. The number of aliphatic hydroxyl groups excluding tert-OH is 4. The highest BCUT2D eigenvalue weighted by molar-refractivity contribution is 6.15. The van der Waals surface area contributed by atoms with Crippen LogP contribution in [0.25, 0.3) is 5.57 Å². The molecule has 3 aliphatic heterocycles. The number of rotatable bonds is 9. The van der Waals surface area contributed by atoms with Crippen LogP contribution in [0.4, 0.5) is 0 Å². The van der Waals surface area contributed by atoms with E-state index in [2.05, 4.69) is 0 Å². The second kappa shape index (κ2) is 11.9. The van der Waals surface area contributed by atoms with Crippen LogP contribution in [-0.2, 0) is 42.8 Å². The van der Waals surface area contributed by atoms with Crippen LogP contribution in [0.1, 0.15) is 5.56 Å². The molecule has 0 bridgehead atoms. The van der Waals surface area contributed by atoms with E-state index in [1.54, 1.807) is 0 Å². The molecule has 3 fully saturated rings. The molecule has 0 spiro atoms. The van der Waals surface area contributed by atoms with E-state index in [-0.39, 0.29) is 22.6 Å². The van der Waals surface area contributed by atoms with Crippen molar-refractivity contribution in [2.75, 3.05) is 20.8 Å². The van der Waals surface area contributed by atoms with Crippen molar-refractivity contribution in [3.05, 3.63) is 41.9 Å². The second-order valence-corrected chi connectivity index (χ2v) is 10.4. The minimum absolute atomic E-state index is 0.0301. The van der Waals surface area contributed by atoms with E-state index in [0.29, 0.717) is 6.26 Å². The lowest BCUT2D eigenvalue weighted by Gasteiger charge is -2.44. The molecule has 0 amide bonds. The molecule has 0 radical (unpaired) electrons. The Bertz CT molecular complexity index is 1370. The number of ether oxygens (including phenoxy) is 7. The Kier molecular flexibility index (Phi) is 8.58. The van der Waals surface area contributed by atoms with E-state index < -0.39 is 96.7 Å². The van der Waals surface area contributed by atoms with E-state index in [0.717, 1.165) is 19.4 Å². The lowest BCUT2D eigenvalue weighted by molar-refractivity contribution is -0.348. The van der Waals surface area contributed by atoms with Crippen LogP contribution >= 0.6 is 0 Å². The number of hydrogen-bond acceptors (Lipinski definition) is 16. The third kappa shape index (κ3) is 5.16. The van der Waals surface area contributed by atoms with Crippen LogP contribution < -0.4 is 4.74 Å². The van der Waals surface area contributed by atoms with Gasteiger partial charge in [0.1, 0.15) is 42.4 Å². The van der Waals surface area contributed by atoms with Gasteiger partial charge in [-0.3, -0.25) is 0 Å². The third-order valence-corrected chi connectivity index (χ3v) is 8.06. The number of aromatic hydroxyl groups is 1. The molecule has 17 nitrogen and oxygen atoms in total. The molecule has 3 unspecified atom stereocenters. The Balaban J connectivity index is 1.47. The van der Waals surface area contributed by atoms with Crippen LogP contribution in [0.15, 0.2) is 36.3 Å². The van der Waals surface area contributed by atoms with Crippen molar-refractivity contribution in [2.24, 2.45) is 11.8 Å². The van der Waals surface area contributed by atoms with Crippen molar-refractivity contribution >= 4 is 23.5 Å². The highest BCUT2D eigenvalue weighted by Crippen LogP contribution is 2.59. The number of aliphatic carboxylic acids is 1. The summed E-state index contributed by atoms with van der Waals surface area (Å²) in [7, 11) is 2.33. The summed E-state index contributed by atoms with van der Waals surface area (Å²) < 4.78 is 37.1. The number of carbonyl (C=O) groups excluding carboxylic acids is 2. The molecule has 7 N–H and O–H groups in total. The summed E-state index contributed by atoms with van der Waals surface area (Å²) in [5.74, 6) is -6.80. The smallest absolute Gasteiger partial charge is 0.346 e. The van der Waals surface area contributed by atoms with E-state index >= 15 is 0 Å². The largest absolute Gasteiger partial charge is 0.504 e. The standard InChI is InChI=1S/C27H30O17/c1-38-13-5-9(3-4-12(13)29)10(22(33)34)7-41-26(36)27(37)16-15(20-21(27)43-20)11(23(35)39-2)8-40-24(16)44-25-19(32)18(31)17(30)14(6-28)42-25/h3-5,7-8,14-21,24-25,28-32,37H,6H2,1-2H3,(H,33,34)/b10-7-/t14-,15?,16?,17-,18+,19-,20-,21-,24?,25+,27-/m0/s1. The van der Waals surface area contributed by atoms with Crippen molar-refractivity contribution in [2.45, 2.75) is 54.8 Å². The Morgan fingerprint density at radius 3 is 2.41 bits per heavy atom. The minimum Gasteiger partial charge on any atom is -0.504 e. The molecule has 1 aliphatic carbocycles. The molecule has 1 aromatic carbocycles. The normalized spacial score (nSPS) is 37.5. The third-order valence-electron chi connectivity index (χ3n) is 8.06. The van der Waals surface area contributed by atoms with Crippen molar-refractivity contribution in [3.8, 4) is 11.5 Å². The van der Waals surface area contributed by atoms with E-state index in [4.69, 9.17) is 33.2 Å². The maximum atomic E-state index is 13.5. The van der Waals surface area contributed by atoms with Gasteiger partial charge >= 0.3 is 17.9 Å². The average molecular weight is 627 g/mol. The molecule has 1 saturated carbocycles. The molecule has 4 aliphatic rings. The molecule has 2 saturated heterocycles. The van der Waals surface area contributed by atoms with Crippen molar-refractivity contribution in [1.82, 2.24) is 0 Å². The molecule has 44 heavy (non-hydrogen) atoms. The number of phenols is 1. The quantitative estimate of drug-likeness (QED) is 0.0638. The summed E-state index contributed by atoms with van der Waals surface area (Å²) >= 11 is 0. The molecule has 240 valence electrons. The first kappa shape index (κ1) is 31.6. The SMILES string of the molecule is COC(=O)C1=COC(O[C@H]2O[C@@H](CO)[C@H](O)[C@@H](O)[C@@H]2O)C2C1[C@@H]1O[C@@H]1[C@]2(O)C(=O)O/C=C(\C(=O)O)c1ccc(O)c(OC)c1. The summed E-state index contributed by atoms with van der Waals surface area (Å²) in [5.41, 5.74) is -3.38. The van der Waals surface area contributed by atoms with Gasteiger partial charge in [0.2, 0.25) is 11.9 Å². The maximum absolute atomic E-state index is 13.5. The number of fused-ring (bicyclic) bond motifs is 3. The number of phenolic OH excluding ortho intramolecular Hbond substituents is 1. The first-order valence-electron chi connectivity index (χ1n) is 13.2. The first-order valence-corrected chi connectivity index (χ1v) is 13.2. The van der Waals surface area contributed by atoms with Gasteiger partial charge in [0.15, 0.2) is 17.8 Å². The highest BCUT2D eigenvalue weighted by Gasteiger charge is 2.78. The fourth-order valence-corrected chi connectivity index (χ4v) is 5.75. The highest BCUT2D eigenvalue weighted by atomic mass is 16.8. The number of benzene rings is 1. The average Bonchev–Trinajstić information content (AvgIpc) is 3.77. The summed E-state index contributed by atoms with van der Waals surface area (Å²) in [6, 6.07) is 3.56. The molecule has 11 atom stereocenters. The van der Waals surface area contributed by atoms with Gasteiger partial charge < -0.3 is 68.9 Å². The number of esters is 2. The molecule has 0 aromatic heterocycles.